The van der Waals surface area contributed by atoms with Crippen molar-refractivity contribution in [2.24, 2.45) is 0 Å². The molecule has 0 fully saturated rings. The molecule has 0 amide bonds. The Kier molecular flexibility index (Phi) is 3.42. The molecule has 0 spiro atoms. The van der Waals surface area contributed by atoms with Gasteiger partial charge in [-0.05, 0) is 20.3 Å². The number of ketones is 1. The summed E-state index contributed by atoms with van der Waals surface area (Å²) in [6, 6.07) is 0. The van der Waals surface area contributed by atoms with Crippen molar-refractivity contribution in [1.82, 2.24) is 19.6 Å². The average Bonchev–Trinajstić information content (AvgIpc) is 2.70. The van der Waals surface area contributed by atoms with Gasteiger partial charge in [0.2, 0.25) is 5.16 Å². The second-order valence-electron chi connectivity index (χ2n) is 3.77. The maximum Gasteiger partial charge on any atom is 0.253 e. The lowest BCUT2D eigenvalue weighted by Gasteiger charge is -2.01. The fourth-order valence-corrected chi connectivity index (χ4v) is 2.20. The molecule has 5 nitrogen and oxygen atoms in total. The molecule has 0 unspecified atom stereocenters. The predicted octanol–water partition coefficient (Wildman–Crippen LogP) is 2.14. The standard InChI is InChI=1S/C11H14N4OS/c1-4-5-17-11-13-10-12-6-9(8(3)16)7(2)15(10)14-11/h6H,4-5H2,1-3H3. The molecule has 0 N–H and O–H groups in total. The number of aromatic nitrogens is 4. The topological polar surface area (TPSA) is 60.2 Å². The molecule has 17 heavy (non-hydrogen) atoms. The fraction of sp³-hybridized carbons (Fsp3) is 0.455. The first kappa shape index (κ1) is 12.0. The van der Waals surface area contributed by atoms with Crippen molar-refractivity contribution in [3.05, 3.63) is 17.5 Å². The molecule has 2 aromatic rings. The van der Waals surface area contributed by atoms with Crippen molar-refractivity contribution < 1.29 is 4.79 Å². The third kappa shape index (κ3) is 2.31. The maximum absolute atomic E-state index is 11.4. The maximum atomic E-state index is 11.4. The van der Waals surface area contributed by atoms with Crippen LogP contribution >= 0.6 is 11.8 Å². The van der Waals surface area contributed by atoms with Gasteiger partial charge < -0.3 is 0 Å². The summed E-state index contributed by atoms with van der Waals surface area (Å²) in [5, 5.41) is 5.06. The number of carbonyl (C=O) groups excluding carboxylic acids is 1. The minimum Gasteiger partial charge on any atom is -0.294 e. The third-order valence-corrected chi connectivity index (χ3v) is 3.45. The number of fused-ring (bicyclic) bond motifs is 1. The van der Waals surface area contributed by atoms with Gasteiger partial charge in [0.15, 0.2) is 5.78 Å². The molecule has 0 aliphatic rings. The molecule has 0 aliphatic heterocycles. The lowest BCUT2D eigenvalue weighted by molar-refractivity contribution is 0.101. The minimum atomic E-state index is -0.00448. The molecule has 2 heterocycles. The number of Topliss-reactive ketones (excluding diaryl/α,β-unsaturated/α-hetero) is 1. The SMILES string of the molecule is CCCSc1nc2ncc(C(C)=O)c(C)n2n1. The van der Waals surface area contributed by atoms with E-state index in [9.17, 15) is 4.79 Å². The summed E-state index contributed by atoms with van der Waals surface area (Å²) in [6.45, 7) is 5.49. The van der Waals surface area contributed by atoms with Crippen LogP contribution in [0.5, 0.6) is 0 Å². The van der Waals surface area contributed by atoms with Crippen LogP contribution in [0.2, 0.25) is 0 Å². The van der Waals surface area contributed by atoms with Crippen LogP contribution in [-0.4, -0.2) is 31.1 Å². The van der Waals surface area contributed by atoms with Crippen molar-refractivity contribution in [3.63, 3.8) is 0 Å². The number of thioether (sulfide) groups is 1. The molecule has 6 heteroatoms. The number of rotatable bonds is 4. The van der Waals surface area contributed by atoms with E-state index >= 15 is 0 Å². The van der Waals surface area contributed by atoms with E-state index in [0.717, 1.165) is 17.9 Å². The first-order valence-corrected chi connectivity index (χ1v) is 6.48. The Morgan fingerprint density at radius 3 is 2.94 bits per heavy atom. The molecule has 90 valence electrons. The van der Waals surface area contributed by atoms with E-state index < -0.39 is 0 Å². The van der Waals surface area contributed by atoms with E-state index in [-0.39, 0.29) is 5.78 Å². The van der Waals surface area contributed by atoms with Gasteiger partial charge in [0.05, 0.1) is 11.3 Å². The van der Waals surface area contributed by atoms with Crippen molar-refractivity contribution in [1.29, 1.82) is 0 Å². The van der Waals surface area contributed by atoms with Crippen molar-refractivity contribution in [2.45, 2.75) is 32.3 Å². The summed E-state index contributed by atoms with van der Waals surface area (Å²) in [5.41, 5.74) is 1.38. The van der Waals surface area contributed by atoms with Crippen LogP contribution in [0, 0.1) is 6.92 Å². The molecule has 0 atom stereocenters. The normalized spacial score (nSPS) is 11.0. The summed E-state index contributed by atoms with van der Waals surface area (Å²) in [4.78, 5) is 19.8. The third-order valence-electron chi connectivity index (χ3n) is 2.40. The second kappa shape index (κ2) is 4.83. The van der Waals surface area contributed by atoms with Gasteiger partial charge in [-0.2, -0.15) is 9.50 Å². The largest absolute Gasteiger partial charge is 0.294 e. The number of hydrogen-bond acceptors (Lipinski definition) is 5. The first-order chi connectivity index (χ1) is 8.13. The van der Waals surface area contributed by atoms with Crippen LogP contribution in [-0.2, 0) is 0 Å². The van der Waals surface area contributed by atoms with E-state index in [1.807, 2.05) is 6.92 Å². The van der Waals surface area contributed by atoms with E-state index in [4.69, 9.17) is 0 Å². The summed E-state index contributed by atoms with van der Waals surface area (Å²) in [5.74, 6) is 1.52. The van der Waals surface area contributed by atoms with E-state index in [1.165, 1.54) is 6.92 Å². The van der Waals surface area contributed by atoms with E-state index in [1.54, 1.807) is 22.5 Å². The average molecular weight is 250 g/mol. The number of carbonyl (C=O) groups is 1. The van der Waals surface area contributed by atoms with Crippen molar-refractivity contribution in [2.75, 3.05) is 5.75 Å². The van der Waals surface area contributed by atoms with Crippen LogP contribution in [0.25, 0.3) is 5.78 Å². The molecular weight excluding hydrogens is 236 g/mol. The Bertz CT molecular complexity index is 564. The molecule has 0 aromatic carbocycles. The summed E-state index contributed by atoms with van der Waals surface area (Å²) < 4.78 is 1.63. The highest BCUT2D eigenvalue weighted by molar-refractivity contribution is 7.99. The Balaban J connectivity index is 2.46. The summed E-state index contributed by atoms with van der Waals surface area (Å²) in [7, 11) is 0. The van der Waals surface area contributed by atoms with Crippen LogP contribution in [0.4, 0.5) is 0 Å². The zero-order valence-corrected chi connectivity index (χ0v) is 10.9. The summed E-state index contributed by atoms with van der Waals surface area (Å²) >= 11 is 1.60. The van der Waals surface area contributed by atoms with Crippen LogP contribution in [0.15, 0.2) is 11.4 Å². The van der Waals surface area contributed by atoms with Gasteiger partial charge in [-0.1, -0.05) is 18.7 Å². The Labute approximate surface area is 104 Å². The van der Waals surface area contributed by atoms with Gasteiger partial charge in [-0.25, -0.2) is 4.98 Å². The van der Waals surface area contributed by atoms with Crippen LogP contribution < -0.4 is 0 Å². The lowest BCUT2D eigenvalue weighted by Crippen LogP contribution is -2.05. The fourth-order valence-electron chi connectivity index (χ4n) is 1.52. The molecule has 0 bridgehead atoms. The van der Waals surface area contributed by atoms with Gasteiger partial charge in [0, 0.05) is 11.9 Å². The van der Waals surface area contributed by atoms with E-state index in [2.05, 4.69) is 22.0 Å². The van der Waals surface area contributed by atoms with Crippen LogP contribution in [0.3, 0.4) is 0 Å². The lowest BCUT2D eigenvalue weighted by atomic mass is 10.2. The van der Waals surface area contributed by atoms with Gasteiger partial charge in [-0.15, -0.1) is 5.10 Å². The summed E-state index contributed by atoms with van der Waals surface area (Å²) in [6.07, 6.45) is 2.64. The van der Waals surface area contributed by atoms with E-state index in [0.29, 0.717) is 16.5 Å². The second-order valence-corrected chi connectivity index (χ2v) is 4.83. The Hall–Kier alpha value is -1.43. The minimum absolute atomic E-state index is 0.00448. The quantitative estimate of drug-likeness (QED) is 0.614. The molecule has 0 saturated carbocycles. The van der Waals surface area contributed by atoms with Gasteiger partial charge in [0.1, 0.15) is 0 Å². The Morgan fingerprint density at radius 2 is 2.29 bits per heavy atom. The molecule has 2 aromatic heterocycles. The van der Waals surface area contributed by atoms with Gasteiger partial charge in [0.25, 0.3) is 5.78 Å². The predicted molar refractivity (Wildman–Crippen MR) is 66.5 cm³/mol. The zero-order chi connectivity index (χ0) is 12.4. The molecular formula is C11H14N4OS. The number of nitrogens with zero attached hydrogens (tertiary/aromatic N) is 4. The van der Waals surface area contributed by atoms with Crippen molar-refractivity contribution >= 4 is 23.3 Å². The van der Waals surface area contributed by atoms with Crippen molar-refractivity contribution in [3.8, 4) is 0 Å². The molecule has 2 rings (SSSR count). The number of hydrogen-bond donors (Lipinski definition) is 0. The highest BCUT2D eigenvalue weighted by Crippen LogP contribution is 2.16. The van der Waals surface area contributed by atoms with Crippen LogP contribution in [0.1, 0.15) is 36.3 Å². The van der Waals surface area contributed by atoms with Gasteiger partial charge in [-0.3, -0.25) is 4.79 Å². The molecule has 0 saturated heterocycles. The number of aryl methyl sites for hydroxylation is 1. The zero-order valence-electron chi connectivity index (χ0n) is 10.1. The molecule has 0 radical (unpaired) electrons. The Morgan fingerprint density at radius 1 is 1.53 bits per heavy atom. The smallest absolute Gasteiger partial charge is 0.253 e. The monoisotopic (exact) mass is 250 g/mol. The molecule has 0 aliphatic carbocycles. The van der Waals surface area contributed by atoms with Gasteiger partial charge >= 0.3 is 0 Å². The highest BCUT2D eigenvalue weighted by Gasteiger charge is 2.12. The first-order valence-electron chi connectivity index (χ1n) is 5.49. The highest BCUT2D eigenvalue weighted by atomic mass is 32.2.